The zero-order valence-electron chi connectivity index (χ0n) is 9.17. The van der Waals surface area contributed by atoms with Gasteiger partial charge in [-0.1, -0.05) is 0 Å². The zero-order chi connectivity index (χ0) is 12.5. The Bertz CT molecular complexity index is 387. The average molecular weight is 263 g/mol. The van der Waals surface area contributed by atoms with Crippen LogP contribution in [0.1, 0.15) is 6.92 Å². The first kappa shape index (κ1) is 12.6. The van der Waals surface area contributed by atoms with E-state index >= 15 is 0 Å². The lowest BCUT2D eigenvalue weighted by Crippen LogP contribution is -2.60. The van der Waals surface area contributed by atoms with Crippen LogP contribution < -0.4 is 10.1 Å². The van der Waals surface area contributed by atoms with Gasteiger partial charge in [0.25, 0.3) is 0 Å². The molecule has 1 fully saturated rings. The fourth-order valence-corrected chi connectivity index (χ4v) is 2.08. The van der Waals surface area contributed by atoms with Crippen LogP contribution >= 0.6 is 11.8 Å². The quantitative estimate of drug-likeness (QED) is 0.847. The molecule has 0 bridgehead atoms. The molecule has 2 rings (SSSR count). The highest BCUT2D eigenvalue weighted by atomic mass is 32.2. The minimum Gasteiger partial charge on any atom is -0.485 e. The highest BCUT2D eigenvalue weighted by Gasteiger charge is 2.34. The molecule has 1 aromatic rings. The van der Waals surface area contributed by atoms with Crippen LogP contribution in [0.2, 0.25) is 0 Å². The van der Waals surface area contributed by atoms with E-state index in [1.54, 1.807) is 12.1 Å². The highest BCUT2D eigenvalue weighted by molar-refractivity contribution is 8.00. The van der Waals surface area contributed by atoms with Gasteiger partial charge in [-0.25, -0.2) is 0 Å². The standard InChI is InChI=1S/C11H12F3NOS/c1-10(6-15-7-10)16-8-2-4-9(5-3-8)17-11(12,13)14/h2-5,15H,6-7H2,1H3. The van der Waals surface area contributed by atoms with Crippen LogP contribution in [0.5, 0.6) is 5.75 Å². The Labute approximate surface area is 102 Å². The number of thioether (sulfide) groups is 1. The molecule has 17 heavy (non-hydrogen) atoms. The van der Waals surface area contributed by atoms with E-state index in [1.807, 2.05) is 6.92 Å². The minimum atomic E-state index is -4.24. The average Bonchev–Trinajstić information content (AvgIpc) is 2.16. The predicted octanol–water partition coefficient (Wildman–Crippen LogP) is 3.04. The van der Waals surface area contributed by atoms with Crippen molar-refractivity contribution in [3.8, 4) is 5.75 Å². The van der Waals surface area contributed by atoms with Gasteiger partial charge in [0.2, 0.25) is 0 Å². The molecule has 1 N–H and O–H groups in total. The molecule has 0 amide bonds. The summed E-state index contributed by atoms with van der Waals surface area (Å²) in [7, 11) is 0. The molecule has 0 unspecified atom stereocenters. The summed E-state index contributed by atoms with van der Waals surface area (Å²) < 4.78 is 42.0. The summed E-state index contributed by atoms with van der Waals surface area (Å²) in [6.45, 7) is 3.47. The summed E-state index contributed by atoms with van der Waals surface area (Å²) in [5, 5.41) is 3.09. The first-order valence-corrected chi connectivity index (χ1v) is 5.94. The van der Waals surface area contributed by atoms with Crippen LogP contribution in [-0.4, -0.2) is 24.2 Å². The lowest BCUT2D eigenvalue weighted by atomic mass is 10.00. The fourth-order valence-electron chi connectivity index (χ4n) is 1.54. The largest absolute Gasteiger partial charge is 0.485 e. The number of nitrogens with one attached hydrogen (secondary N) is 1. The Morgan fingerprint density at radius 1 is 1.24 bits per heavy atom. The third-order valence-electron chi connectivity index (χ3n) is 2.42. The number of alkyl halides is 3. The van der Waals surface area contributed by atoms with Gasteiger partial charge < -0.3 is 10.1 Å². The molecule has 1 aliphatic rings. The van der Waals surface area contributed by atoms with Gasteiger partial charge in [-0.15, -0.1) is 0 Å². The minimum absolute atomic E-state index is 0.121. The Kier molecular flexibility index (Phi) is 3.27. The zero-order valence-corrected chi connectivity index (χ0v) is 9.99. The molecule has 0 radical (unpaired) electrons. The molecular formula is C11H12F3NOS. The van der Waals surface area contributed by atoms with Gasteiger partial charge >= 0.3 is 5.51 Å². The van der Waals surface area contributed by atoms with Crippen LogP contribution in [-0.2, 0) is 0 Å². The van der Waals surface area contributed by atoms with Gasteiger partial charge in [0, 0.05) is 18.0 Å². The smallest absolute Gasteiger partial charge is 0.446 e. The van der Waals surface area contributed by atoms with E-state index in [-0.39, 0.29) is 22.3 Å². The van der Waals surface area contributed by atoms with Crippen molar-refractivity contribution < 1.29 is 17.9 Å². The van der Waals surface area contributed by atoms with E-state index in [4.69, 9.17) is 4.74 Å². The SMILES string of the molecule is CC1(Oc2ccc(SC(F)(F)F)cc2)CNC1. The molecular weight excluding hydrogens is 251 g/mol. The fraction of sp³-hybridized carbons (Fsp3) is 0.455. The van der Waals surface area contributed by atoms with Crippen LogP contribution in [0.3, 0.4) is 0 Å². The van der Waals surface area contributed by atoms with E-state index in [0.717, 1.165) is 13.1 Å². The molecule has 0 aromatic heterocycles. The first-order chi connectivity index (χ1) is 7.86. The molecule has 6 heteroatoms. The van der Waals surface area contributed by atoms with E-state index in [0.29, 0.717) is 5.75 Å². The van der Waals surface area contributed by atoms with Crippen LogP contribution in [0, 0.1) is 0 Å². The molecule has 0 saturated carbocycles. The van der Waals surface area contributed by atoms with Gasteiger partial charge in [-0.05, 0) is 43.0 Å². The van der Waals surface area contributed by atoms with Gasteiger partial charge in [-0.3, -0.25) is 0 Å². The molecule has 1 aliphatic heterocycles. The number of ether oxygens (including phenoxy) is 1. The van der Waals surface area contributed by atoms with Crippen molar-refractivity contribution in [2.45, 2.75) is 22.9 Å². The van der Waals surface area contributed by atoms with Crippen molar-refractivity contribution >= 4 is 11.8 Å². The van der Waals surface area contributed by atoms with E-state index in [9.17, 15) is 13.2 Å². The van der Waals surface area contributed by atoms with Gasteiger partial charge in [-0.2, -0.15) is 13.2 Å². The summed E-state index contributed by atoms with van der Waals surface area (Å²) in [5.41, 5.74) is -4.48. The van der Waals surface area contributed by atoms with Crippen LogP contribution in [0.15, 0.2) is 29.2 Å². The van der Waals surface area contributed by atoms with Crippen molar-refractivity contribution in [2.75, 3.05) is 13.1 Å². The maximum absolute atomic E-state index is 12.1. The lowest BCUT2D eigenvalue weighted by Gasteiger charge is -2.39. The number of hydrogen-bond acceptors (Lipinski definition) is 3. The molecule has 1 saturated heterocycles. The monoisotopic (exact) mass is 263 g/mol. The Balaban J connectivity index is 1.98. The number of benzene rings is 1. The third kappa shape index (κ3) is 3.54. The van der Waals surface area contributed by atoms with Gasteiger partial charge in [0.1, 0.15) is 11.4 Å². The second kappa shape index (κ2) is 4.42. The highest BCUT2D eigenvalue weighted by Crippen LogP contribution is 2.37. The van der Waals surface area contributed by atoms with Crippen molar-refractivity contribution in [1.29, 1.82) is 0 Å². The molecule has 2 nitrogen and oxygen atoms in total. The number of halogens is 3. The summed E-state index contributed by atoms with van der Waals surface area (Å²) >= 11 is -0.121. The lowest BCUT2D eigenvalue weighted by molar-refractivity contribution is -0.0328. The van der Waals surface area contributed by atoms with E-state index < -0.39 is 5.51 Å². The molecule has 1 heterocycles. The second-order valence-corrected chi connectivity index (χ2v) is 5.31. The first-order valence-electron chi connectivity index (χ1n) is 5.12. The molecule has 1 aromatic carbocycles. The summed E-state index contributed by atoms with van der Waals surface area (Å²) in [6.07, 6.45) is 0. The number of hydrogen-bond donors (Lipinski definition) is 1. The summed E-state index contributed by atoms with van der Waals surface area (Å²) in [6, 6.07) is 5.97. The topological polar surface area (TPSA) is 21.3 Å². The van der Waals surface area contributed by atoms with E-state index in [2.05, 4.69) is 5.32 Å². The Morgan fingerprint density at radius 2 is 1.82 bits per heavy atom. The van der Waals surface area contributed by atoms with Crippen molar-refractivity contribution in [2.24, 2.45) is 0 Å². The normalized spacial score (nSPS) is 18.6. The third-order valence-corrected chi connectivity index (χ3v) is 3.16. The number of rotatable bonds is 3. The molecule has 0 atom stereocenters. The molecule has 0 aliphatic carbocycles. The van der Waals surface area contributed by atoms with Crippen LogP contribution in [0.25, 0.3) is 0 Å². The summed E-state index contributed by atoms with van der Waals surface area (Å²) in [5.74, 6) is 0.598. The van der Waals surface area contributed by atoms with Gasteiger partial charge in [0.05, 0.1) is 0 Å². The molecule has 0 spiro atoms. The second-order valence-electron chi connectivity index (χ2n) is 4.17. The van der Waals surface area contributed by atoms with E-state index in [1.165, 1.54) is 12.1 Å². The predicted molar refractivity (Wildman–Crippen MR) is 60.3 cm³/mol. The molecule has 94 valence electrons. The van der Waals surface area contributed by atoms with Crippen molar-refractivity contribution in [1.82, 2.24) is 5.32 Å². The maximum Gasteiger partial charge on any atom is 0.446 e. The van der Waals surface area contributed by atoms with Crippen molar-refractivity contribution in [3.05, 3.63) is 24.3 Å². The van der Waals surface area contributed by atoms with Crippen LogP contribution in [0.4, 0.5) is 13.2 Å². The maximum atomic E-state index is 12.1. The summed E-state index contributed by atoms with van der Waals surface area (Å²) in [4.78, 5) is 0.168. The Morgan fingerprint density at radius 3 is 2.24 bits per heavy atom. The van der Waals surface area contributed by atoms with Crippen molar-refractivity contribution in [3.63, 3.8) is 0 Å². The van der Waals surface area contributed by atoms with Gasteiger partial charge in [0.15, 0.2) is 0 Å². The Hall–Kier alpha value is -0.880.